The molecule has 0 radical (unpaired) electrons. The van der Waals surface area contributed by atoms with E-state index in [0.717, 1.165) is 21.2 Å². The van der Waals surface area contributed by atoms with Crippen LogP contribution in [-0.2, 0) is 0 Å². The van der Waals surface area contributed by atoms with Crippen LogP contribution >= 0.6 is 15.9 Å². The summed E-state index contributed by atoms with van der Waals surface area (Å²) in [6, 6.07) is 11.3. The van der Waals surface area contributed by atoms with Crippen LogP contribution in [0.1, 0.15) is 17.2 Å². The normalized spacial score (nSPS) is 16.1. The van der Waals surface area contributed by atoms with Gasteiger partial charge < -0.3 is 0 Å². The van der Waals surface area contributed by atoms with E-state index >= 15 is 0 Å². The summed E-state index contributed by atoms with van der Waals surface area (Å²) < 4.78 is 1.02. The minimum Gasteiger partial charge on any atom is -0.299 e. The molecule has 0 fully saturated rings. The lowest BCUT2D eigenvalue weighted by atomic mass is 10.0. The number of rotatable bonds is 2. The highest BCUT2D eigenvalue weighted by Gasteiger charge is 2.31. The third kappa shape index (κ3) is 1.94. The Labute approximate surface area is 125 Å². The number of halogens is 1. The number of non-ortho nitro benzene ring substituents is 1. The van der Waals surface area contributed by atoms with Crippen LogP contribution in [0.2, 0.25) is 0 Å². The quantitative estimate of drug-likeness (QED) is 0.617. The predicted molar refractivity (Wildman–Crippen MR) is 81.8 cm³/mol. The van der Waals surface area contributed by atoms with Gasteiger partial charge in [-0.1, -0.05) is 22.0 Å². The summed E-state index contributed by atoms with van der Waals surface area (Å²) in [5.41, 5.74) is 4.55. The van der Waals surface area contributed by atoms with Gasteiger partial charge in [0.1, 0.15) is 0 Å². The predicted octanol–water partition coefficient (Wildman–Crippen LogP) is 3.99. The van der Waals surface area contributed by atoms with Crippen molar-refractivity contribution in [3.05, 3.63) is 62.1 Å². The Morgan fingerprint density at radius 2 is 1.70 bits per heavy atom. The second-order valence-corrected chi connectivity index (χ2v) is 6.04. The smallest absolute Gasteiger partial charge is 0.269 e. The molecule has 20 heavy (non-hydrogen) atoms. The molecule has 5 heteroatoms. The van der Waals surface area contributed by atoms with E-state index in [4.69, 9.17) is 0 Å². The SMILES string of the molecule is CN(C)C1c2cc(Br)ccc2-c2ccc([N+](=O)[O-])cc21. The van der Waals surface area contributed by atoms with E-state index < -0.39 is 0 Å². The fourth-order valence-electron chi connectivity index (χ4n) is 2.86. The van der Waals surface area contributed by atoms with Gasteiger partial charge >= 0.3 is 0 Å². The second kappa shape index (κ2) is 4.68. The standard InChI is InChI=1S/C15H13BrN2O2/c1-17(2)15-13-7-9(16)3-5-11(13)12-6-4-10(18(19)20)8-14(12)15/h3-8,15H,1-2H3. The first-order chi connectivity index (χ1) is 9.49. The molecule has 0 saturated heterocycles. The molecule has 3 rings (SSSR count). The summed E-state index contributed by atoms with van der Waals surface area (Å²) >= 11 is 3.50. The summed E-state index contributed by atoms with van der Waals surface area (Å²) in [7, 11) is 3.98. The second-order valence-electron chi connectivity index (χ2n) is 5.13. The Bertz CT molecular complexity index is 713. The molecular weight excluding hydrogens is 320 g/mol. The summed E-state index contributed by atoms with van der Waals surface area (Å²) in [6.07, 6.45) is 0. The fraction of sp³-hybridized carbons (Fsp3) is 0.200. The highest BCUT2D eigenvalue weighted by Crippen LogP contribution is 2.47. The van der Waals surface area contributed by atoms with E-state index in [1.165, 1.54) is 5.56 Å². The van der Waals surface area contributed by atoms with Crippen molar-refractivity contribution in [1.82, 2.24) is 4.90 Å². The fourth-order valence-corrected chi connectivity index (χ4v) is 3.24. The van der Waals surface area contributed by atoms with E-state index in [0.29, 0.717) is 0 Å². The lowest BCUT2D eigenvalue weighted by Crippen LogP contribution is -2.19. The van der Waals surface area contributed by atoms with E-state index in [2.05, 4.69) is 33.0 Å². The Morgan fingerprint density at radius 3 is 2.30 bits per heavy atom. The van der Waals surface area contributed by atoms with Gasteiger partial charge in [0, 0.05) is 16.6 Å². The summed E-state index contributed by atoms with van der Waals surface area (Å²) in [4.78, 5) is 12.7. The van der Waals surface area contributed by atoms with Crippen molar-refractivity contribution in [3.63, 3.8) is 0 Å². The van der Waals surface area contributed by atoms with Crippen molar-refractivity contribution in [3.8, 4) is 11.1 Å². The number of nitro groups is 1. The number of benzene rings is 2. The van der Waals surface area contributed by atoms with Gasteiger partial charge in [-0.2, -0.15) is 0 Å². The zero-order valence-electron chi connectivity index (χ0n) is 11.1. The van der Waals surface area contributed by atoms with Crippen molar-refractivity contribution in [2.24, 2.45) is 0 Å². The maximum atomic E-state index is 11.0. The molecule has 2 aromatic rings. The van der Waals surface area contributed by atoms with Gasteiger partial charge in [0.05, 0.1) is 11.0 Å². The van der Waals surface area contributed by atoms with Crippen LogP contribution in [0.15, 0.2) is 40.9 Å². The van der Waals surface area contributed by atoms with E-state index in [1.54, 1.807) is 12.1 Å². The van der Waals surface area contributed by atoms with Gasteiger partial charge in [-0.05, 0) is 54.5 Å². The van der Waals surface area contributed by atoms with Crippen LogP contribution in [-0.4, -0.2) is 23.9 Å². The molecule has 0 aliphatic heterocycles. The van der Waals surface area contributed by atoms with Crippen LogP contribution in [0.25, 0.3) is 11.1 Å². The Hall–Kier alpha value is -1.72. The largest absolute Gasteiger partial charge is 0.299 e. The van der Waals surface area contributed by atoms with Gasteiger partial charge in [0.2, 0.25) is 0 Å². The van der Waals surface area contributed by atoms with Crippen molar-refractivity contribution < 1.29 is 4.92 Å². The number of nitrogens with zero attached hydrogens (tertiary/aromatic N) is 2. The van der Waals surface area contributed by atoms with Crippen molar-refractivity contribution >= 4 is 21.6 Å². The molecule has 0 saturated carbocycles. The third-order valence-corrected chi connectivity index (χ3v) is 4.15. The van der Waals surface area contributed by atoms with Gasteiger partial charge in [-0.15, -0.1) is 0 Å². The summed E-state index contributed by atoms with van der Waals surface area (Å²) in [5.74, 6) is 0. The van der Waals surface area contributed by atoms with Gasteiger partial charge in [-0.25, -0.2) is 0 Å². The Morgan fingerprint density at radius 1 is 1.10 bits per heavy atom. The molecule has 102 valence electrons. The molecule has 0 bridgehead atoms. The van der Waals surface area contributed by atoms with Gasteiger partial charge in [-0.3, -0.25) is 15.0 Å². The molecule has 1 unspecified atom stereocenters. The molecule has 0 aromatic heterocycles. The van der Waals surface area contributed by atoms with Gasteiger partial charge in [0.25, 0.3) is 5.69 Å². The topological polar surface area (TPSA) is 46.4 Å². The van der Waals surface area contributed by atoms with Crippen molar-refractivity contribution in [2.45, 2.75) is 6.04 Å². The molecule has 4 nitrogen and oxygen atoms in total. The monoisotopic (exact) mass is 332 g/mol. The Balaban J connectivity index is 2.26. The van der Waals surface area contributed by atoms with E-state index in [-0.39, 0.29) is 16.7 Å². The lowest BCUT2D eigenvalue weighted by molar-refractivity contribution is -0.384. The molecule has 1 aliphatic rings. The maximum absolute atomic E-state index is 11.0. The van der Waals surface area contributed by atoms with Crippen LogP contribution in [0.3, 0.4) is 0 Å². The highest BCUT2D eigenvalue weighted by molar-refractivity contribution is 9.10. The molecule has 0 spiro atoms. The summed E-state index contributed by atoms with van der Waals surface area (Å²) in [5, 5.41) is 11.0. The van der Waals surface area contributed by atoms with Gasteiger partial charge in [0.15, 0.2) is 0 Å². The number of nitro benzene ring substituents is 1. The number of hydrogen-bond acceptors (Lipinski definition) is 3. The molecular formula is C15H13BrN2O2. The van der Waals surface area contributed by atoms with Crippen molar-refractivity contribution in [1.29, 1.82) is 0 Å². The Kier molecular flexibility index (Phi) is 3.11. The van der Waals surface area contributed by atoms with E-state index in [9.17, 15) is 10.1 Å². The van der Waals surface area contributed by atoms with Crippen LogP contribution in [0.5, 0.6) is 0 Å². The molecule has 0 heterocycles. The van der Waals surface area contributed by atoms with E-state index in [1.807, 2.05) is 26.2 Å². The average Bonchev–Trinajstić information content (AvgIpc) is 2.70. The molecule has 0 amide bonds. The first-order valence-electron chi connectivity index (χ1n) is 6.23. The zero-order chi connectivity index (χ0) is 14.4. The zero-order valence-corrected chi connectivity index (χ0v) is 12.7. The average molecular weight is 333 g/mol. The lowest BCUT2D eigenvalue weighted by Gasteiger charge is -2.21. The molecule has 1 aliphatic carbocycles. The minimum atomic E-state index is -0.341. The molecule has 0 N–H and O–H groups in total. The number of hydrogen-bond donors (Lipinski definition) is 0. The number of fused-ring (bicyclic) bond motifs is 3. The molecule has 2 aromatic carbocycles. The first kappa shape index (κ1) is 13.3. The highest BCUT2D eigenvalue weighted by atomic mass is 79.9. The maximum Gasteiger partial charge on any atom is 0.269 e. The molecule has 1 atom stereocenters. The minimum absolute atomic E-state index is 0.0531. The van der Waals surface area contributed by atoms with Crippen LogP contribution in [0.4, 0.5) is 5.69 Å². The van der Waals surface area contributed by atoms with Crippen LogP contribution < -0.4 is 0 Å². The van der Waals surface area contributed by atoms with Crippen molar-refractivity contribution in [2.75, 3.05) is 14.1 Å². The van der Waals surface area contributed by atoms with Crippen LogP contribution in [0, 0.1) is 10.1 Å². The third-order valence-electron chi connectivity index (χ3n) is 3.66. The first-order valence-corrected chi connectivity index (χ1v) is 7.03. The summed E-state index contributed by atoms with van der Waals surface area (Å²) in [6.45, 7) is 0.